The second kappa shape index (κ2) is 3.66. The van der Waals surface area contributed by atoms with E-state index in [1.807, 2.05) is 6.08 Å². The number of alkyl halides is 6. The molecule has 0 spiro atoms. The van der Waals surface area contributed by atoms with Gasteiger partial charge in [-0.25, -0.2) is 0 Å². The highest BCUT2D eigenvalue weighted by Gasteiger charge is 2.73. The van der Waals surface area contributed by atoms with Gasteiger partial charge in [-0.15, -0.1) is 0 Å². The Morgan fingerprint density at radius 3 is 2.06 bits per heavy atom. The van der Waals surface area contributed by atoms with E-state index in [0.717, 1.165) is 6.07 Å². The van der Waals surface area contributed by atoms with Gasteiger partial charge in [-0.2, -0.15) is 26.3 Å². The normalized spacial score (nSPS) is 18.1. The van der Waals surface area contributed by atoms with Crippen LogP contribution >= 0.6 is 0 Å². The van der Waals surface area contributed by atoms with E-state index in [9.17, 15) is 26.3 Å². The third kappa shape index (κ3) is 1.74. The monoisotopic (exact) mass is 267 g/mol. The number of hydrogen-bond donors (Lipinski definition) is 0. The predicted molar refractivity (Wildman–Crippen MR) is 48.8 cm³/mol. The third-order valence-electron chi connectivity index (χ3n) is 2.43. The number of ether oxygens (including phenoxy) is 1. The van der Waals surface area contributed by atoms with Gasteiger partial charge in [0, 0.05) is 5.56 Å². The Labute approximate surface area is 97.7 Å². The number of fused-ring (bicyclic) bond motifs is 1. The summed E-state index contributed by atoms with van der Waals surface area (Å²) in [4.78, 5) is 0. The van der Waals surface area contributed by atoms with Crippen molar-refractivity contribution in [2.75, 3.05) is 0 Å². The fourth-order valence-corrected chi connectivity index (χ4v) is 1.50. The van der Waals surface area contributed by atoms with Gasteiger partial charge in [0.25, 0.3) is 0 Å². The number of halogens is 6. The van der Waals surface area contributed by atoms with Crippen LogP contribution in [-0.4, -0.2) is 18.0 Å². The first-order chi connectivity index (χ1) is 8.17. The van der Waals surface area contributed by atoms with Crippen LogP contribution in [0.3, 0.4) is 0 Å². The minimum atomic E-state index is -5.62. The molecule has 0 bridgehead atoms. The molecule has 0 aliphatic carbocycles. The van der Waals surface area contributed by atoms with E-state index in [1.165, 1.54) is 18.2 Å². The molecule has 0 atom stereocenters. The third-order valence-corrected chi connectivity index (χ3v) is 2.43. The molecule has 1 aromatic rings. The van der Waals surface area contributed by atoms with E-state index in [2.05, 4.69) is 4.74 Å². The summed E-state index contributed by atoms with van der Waals surface area (Å²) in [6.07, 6.45) is -9.39. The van der Waals surface area contributed by atoms with Gasteiger partial charge in [0.05, 0.1) is 0 Å². The number of rotatable bonds is 0. The molecule has 1 radical (unpaired) electrons. The van der Waals surface area contributed by atoms with E-state index in [-0.39, 0.29) is 11.6 Å². The average molecular weight is 267 g/mol. The van der Waals surface area contributed by atoms with Gasteiger partial charge in [0.2, 0.25) is 0 Å². The average Bonchev–Trinajstić information content (AvgIpc) is 2.25. The molecule has 18 heavy (non-hydrogen) atoms. The van der Waals surface area contributed by atoms with Crippen molar-refractivity contribution in [2.45, 2.75) is 18.0 Å². The number of hydrogen-bond acceptors (Lipinski definition) is 1. The summed E-state index contributed by atoms with van der Waals surface area (Å²) in [6.45, 7) is 0. The molecule has 0 amide bonds. The van der Waals surface area contributed by atoms with E-state index >= 15 is 0 Å². The Morgan fingerprint density at radius 1 is 0.944 bits per heavy atom. The molecule has 7 heteroatoms. The highest BCUT2D eigenvalue weighted by atomic mass is 19.4. The molecule has 1 aromatic carbocycles. The minimum Gasteiger partial charge on any atom is -0.464 e. The lowest BCUT2D eigenvalue weighted by Crippen LogP contribution is -2.60. The smallest absolute Gasteiger partial charge is 0.441 e. The van der Waals surface area contributed by atoms with Gasteiger partial charge in [-0.1, -0.05) is 18.2 Å². The zero-order valence-corrected chi connectivity index (χ0v) is 8.56. The van der Waals surface area contributed by atoms with Gasteiger partial charge < -0.3 is 4.74 Å². The molecule has 1 aliphatic heterocycles. The second-order valence-corrected chi connectivity index (χ2v) is 3.62. The highest BCUT2D eigenvalue weighted by molar-refractivity contribution is 5.43. The summed E-state index contributed by atoms with van der Waals surface area (Å²) < 4.78 is 80.2. The molecule has 0 unspecified atom stereocenters. The van der Waals surface area contributed by atoms with Crippen molar-refractivity contribution in [1.29, 1.82) is 0 Å². The van der Waals surface area contributed by atoms with Crippen LogP contribution in [0.2, 0.25) is 0 Å². The Hall–Kier alpha value is -1.66. The molecule has 1 heterocycles. The van der Waals surface area contributed by atoms with Crippen LogP contribution < -0.4 is 4.74 Å². The van der Waals surface area contributed by atoms with Crippen LogP contribution in [-0.2, 0) is 0 Å². The summed E-state index contributed by atoms with van der Waals surface area (Å²) in [7, 11) is 0. The fraction of sp³-hybridized carbons (Fsp3) is 0.273. The molecular formula is C11H5F6O. The molecule has 0 saturated heterocycles. The first kappa shape index (κ1) is 12.8. The lowest BCUT2D eigenvalue weighted by Gasteiger charge is -2.37. The summed E-state index contributed by atoms with van der Waals surface area (Å²) >= 11 is 0. The van der Waals surface area contributed by atoms with Crippen molar-refractivity contribution >= 4 is 0 Å². The maximum Gasteiger partial charge on any atom is 0.441 e. The molecule has 0 N–H and O–H groups in total. The standard InChI is InChI=1S/C11H5F6O/c12-10(13,14)9(11(15,16)17)6-5-7-3-1-2-4-8(7)18-9/h1-4,6H. The maximum absolute atomic E-state index is 12.7. The van der Waals surface area contributed by atoms with Gasteiger partial charge in [-0.05, 0) is 18.2 Å². The van der Waals surface area contributed by atoms with Crippen LogP contribution in [0.1, 0.15) is 5.56 Å². The second-order valence-electron chi connectivity index (χ2n) is 3.62. The van der Waals surface area contributed by atoms with Crippen molar-refractivity contribution < 1.29 is 31.1 Å². The van der Waals surface area contributed by atoms with Gasteiger partial charge in [-0.3, -0.25) is 0 Å². The Bertz CT molecular complexity index is 471. The number of para-hydroxylation sites is 1. The first-order valence-corrected chi connectivity index (χ1v) is 4.70. The predicted octanol–water partition coefficient (Wildman–Crippen LogP) is 3.65. The van der Waals surface area contributed by atoms with Crippen LogP contribution in [0.15, 0.2) is 30.3 Å². The topological polar surface area (TPSA) is 9.23 Å². The van der Waals surface area contributed by atoms with Gasteiger partial charge in [0.1, 0.15) is 5.75 Å². The molecule has 1 nitrogen and oxygen atoms in total. The van der Waals surface area contributed by atoms with Crippen LogP contribution in [0, 0.1) is 6.08 Å². The van der Waals surface area contributed by atoms with Crippen LogP contribution in [0.5, 0.6) is 5.75 Å². The van der Waals surface area contributed by atoms with Crippen molar-refractivity contribution in [3.05, 3.63) is 42.0 Å². The highest BCUT2D eigenvalue weighted by Crippen LogP contribution is 2.49. The lowest BCUT2D eigenvalue weighted by atomic mass is 9.97. The zero-order chi connectivity index (χ0) is 13.6. The Balaban J connectivity index is 2.56. The van der Waals surface area contributed by atoms with Crippen molar-refractivity contribution in [3.63, 3.8) is 0 Å². The van der Waals surface area contributed by atoms with Crippen LogP contribution in [0.4, 0.5) is 26.3 Å². The van der Waals surface area contributed by atoms with E-state index in [0.29, 0.717) is 0 Å². The van der Waals surface area contributed by atoms with Crippen molar-refractivity contribution in [3.8, 4) is 5.75 Å². The molecule has 1 aliphatic rings. The number of benzene rings is 1. The lowest BCUT2D eigenvalue weighted by molar-refractivity contribution is -0.338. The summed E-state index contributed by atoms with van der Waals surface area (Å²) in [5.41, 5.74) is -4.30. The van der Waals surface area contributed by atoms with E-state index in [4.69, 9.17) is 0 Å². The van der Waals surface area contributed by atoms with E-state index in [1.54, 1.807) is 0 Å². The Morgan fingerprint density at radius 2 is 1.50 bits per heavy atom. The molecule has 0 fully saturated rings. The van der Waals surface area contributed by atoms with Crippen molar-refractivity contribution in [2.24, 2.45) is 0 Å². The Kier molecular flexibility index (Phi) is 2.60. The fourth-order valence-electron chi connectivity index (χ4n) is 1.50. The molecule has 0 aromatic heterocycles. The summed E-state index contributed by atoms with van der Waals surface area (Å²) in [5, 5.41) is 0. The quantitative estimate of drug-likeness (QED) is 0.652. The zero-order valence-electron chi connectivity index (χ0n) is 8.56. The van der Waals surface area contributed by atoms with Crippen molar-refractivity contribution in [1.82, 2.24) is 0 Å². The molecule has 0 saturated carbocycles. The largest absolute Gasteiger partial charge is 0.464 e. The van der Waals surface area contributed by atoms with Crippen LogP contribution in [0.25, 0.3) is 0 Å². The molecule has 97 valence electrons. The molecule has 2 rings (SSSR count). The molecular weight excluding hydrogens is 262 g/mol. The SMILES string of the molecule is FC(F)(F)C1(C(F)(F)F)C=[C]c2ccccc2O1. The summed E-state index contributed by atoms with van der Waals surface area (Å²) in [5.74, 6) is -0.505. The minimum absolute atomic E-state index is 0.0432. The first-order valence-electron chi connectivity index (χ1n) is 4.70. The van der Waals surface area contributed by atoms with Gasteiger partial charge in [0.15, 0.2) is 0 Å². The van der Waals surface area contributed by atoms with E-state index < -0.39 is 23.7 Å². The maximum atomic E-state index is 12.7. The summed E-state index contributed by atoms with van der Waals surface area (Å²) in [6, 6.07) is 5.07. The van der Waals surface area contributed by atoms with Gasteiger partial charge >= 0.3 is 18.0 Å².